The van der Waals surface area contributed by atoms with Crippen LogP contribution in [-0.4, -0.2) is 34.5 Å². The number of fused-ring (bicyclic) bond motifs is 1. The number of hydrogen-bond acceptors (Lipinski definition) is 5. The normalized spacial score (nSPS) is 12.1. The van der Waals surface area contributed by atoms with E-state index in [4.69, 9.17) is 5.73 Å². The average molecular weight is 254 g/mol. The second-order valence-electron chi connectivity index (χ2n) is 3.70. The Balaban J connectivity index is 2.33. The van der Waals surface area contributed by atoms with Gasteiger partial charge in [-0.05, 0) is 12.1 Å². The number of aryl methyl sites for hydroxylation is 1. The van der Waals surface area contributed by atoms with Crippen molar-refractivity contribution in [1.82, 2.24) is 14.5 Å². The van der Waals surface area contributed by atoms with E-state index in [2.05, 4.69) is 9.97 Å². The number of rotatable bonds is 4. The molecule has 0 aliphatic rings. The number of nitrogens with zero attached hydrogens (tertiary/aromatic N) is 3. The van der Waals surface area contributed by atoms with Crippen molar-refractivity contribution < 1.29 is 8.42 Å². The molecule has 0 atom stereocenters. The van der Waals surface area contributed by atoms with Gasteiger partial charge < -0.3 is 5.73 Å². The van der Waals surface area contributed by atoms with E-state index >= 15 is 0 Å². The van der Waals surface area contributed by atoms with Gasteiger partial charge in [0.1, 0.15) is 5.52 Å². The molecule has 6 nitrogen and oxygen atoms in total. The van der Waals surface area contributed by atoms with Gasteiger partial charge in [-0.2, -0.15) is 0 Å². The quantitative estimate of drug-likeness (QED) is 0.855. The third-order valence-electron chi connectivity index (χ3n) is 2.60. The zero-order valence-electron chi connectivity index (χ0n) is 9.50. The molecule has 0 radical (unpaired) electrons. The van der Waals surface area contributed by atoms with Crippen LogP contribution in [0.1, 0.15) is 6.92 Å². The fourth-order valence-electron chi connectivity index (χ4n) is 1.57. The summed E-state index contributed by atoms with van der Waals surface area (Å²) in [5, 5.41) is 0. The molecular formula is C10H14N4O2S. The molecule has 2 heterocycles. The van der Waals surface area contributed by atoms with Crippen LogP contribution in [0.5, 0.6) is 0 Å². The monoisotopic (exact) mass is 254 g/mol. The van der Waals surface area contributed by atoms with Crippen LogP contribution in [0.15, 0.2) is 18.3 Å². The third-order valence-corrected chi connectivity index (χ3v) is 4.28. The van der Waals surface area contributed by atoms with E-state index in [0.717, 1.165) is 0 Å². The number of hydrogen-bond donors (Lipinski definition) is 1. The Morgan fingerprint density at radius 2 is 2.24 bits per heavy atom. The van der Waals surface area contributed by atoms with Crippen LogP contribution in [0.25, 0.3) is 11.2 Å². The first-order chi connectivity index (χ1) is 8.03. The van der Waals surface area contributed by atoms with Crippen LogP contribution in [0, 0.1) is 0 Å². The summed E-state index contributed by atoms with van der Waals surface area (Å²) in [5.41, 5.74) is 7.04. The molecule has 0 saturated heterocycles. The molecule has 2 aromatic rings. The molecule has 0 aliphatic carbocycles. The van der Waals surface area contributed by atoms with Gasteiger partial charge in [-0.1, -0.05) is 6.92 Å². The summed E-state index contributed by atoms with van der Waals surface area (Å²) >= 11 is 0. The molecule has 92 valence electrons. The summed E-state index contributed by atoms with van der Waals surface area (Å²) < 4.78 is 24.5. The predicted molar refractivity (Wildman–Crippen MR) is 66.3 cm³/mol. The Morgan fingerprint density at radius 3 is 2.94 bits per heavy atom. The van der Waals surface area contributed by atoms with Gasteiger partial charge in [0.25, 0.3) is 0 Å². The van der Waals surface area contributed by atoms with Crippen LogP contribution >= 0.6 is 0 Å². The van der Waals surface area contributed by atoms with Gasteiger partial charge in [0, 0.05) is 18.5 Å². The maximum absolute atomic E-state index is 11.4. The maximum Gasteiger partial charge on any atom is 0.202 e. The minimum absolute atomic E-state index is 0.0513. The van der Waals surface area contributed by atoms with Gasteiger partial charge in [-0.25, -0.2) is 18.4 Å². The molecule has 0 aromatic carbocycles. The first-order valence-electron chi connectivity index (χ1n) is 5.30. The highest BCUT2D eigenvalue weighted by molar-refractivity contribution is 7.91. The van der Waals surface area contributed by atoms with Gasteiger partial charge in [0.05, 0.1) is 5.75 Å². The second kappa shape index (κ2) is 4.33. The summed E-state index contributed by atoms with van der Waals surface area (Å²) in [6, 6.07) is 3.56. The fourth-order valence-corrected chi connectivity index (χ4v) is 2.32. The Kier molecular flexibility index (Phi) is 3.01. The average Bonchev–Trinajstić information content (AvgIpc) is 2.62. The minimum Gasteiger partial charge on any atom is -0.369 e. The van der Waals surface area contributed by atoms with E-state index in [1.807, 2.05) is 0 Å². The molecule has 17 heavy (non-hydrogen) atoms. The smallest absolute Gasteiger partial charge is 0.202 e. The molecule has 0 fully saturated rings. The van der Waals surface area contributed by atoms with Crippen molar-refractivity contribution in [1.29, 1.82) is 0 Å². The molecule has 0 unspecified atom stereocenters. The van der Waals surface area contributed by atoms with Crippen molar-refractivity contribution in [2.45, 2.75) is 13.5 Å². The standard InChI is InChI=1S/C10H14N4O2S/c1-2-17(15,16)7-6-14-9-8(13-10(14)11)4-3-5-12-9/h3-5H,2,6-7H2,1H3,(H2,11,13). The lowest BCUT2D eigenvalue weighted by Crippen LogP contribution is -2.16. The SMILES string of the molecule is CCS(=O)(=O)CCn1c(N)nc2cccnc21. The first-order valence-corrected chi connectivity index (χ1v) is 7.13. The molecule has 0 spiro atoms. The van der Waals surface area contributed by atoms with E-state index in [1.165, 1.54) is 0 Å². The van der Waals surface area contributed by atoms with Gasteiger partial charge in [0.2, 0.25) is 5.95 Å². The third kappa shape index (κ3) is 2.38. The molecular weight excluding hydrogens is 240 g/mol. The molecule has 0 amide bonds. The number of anilines is 1. The molecule has 0 saturated carbocycles. The van der Waals surface area contributed by atoms with E-state index in [9.17, 15) is 8.42 Å². The molecule has 2 aromatic heterocycles. The number of nitrogen functional groups attached to an aromatic ring is 1. The number of sulfone groups is 1. The predicted octanol–water partition coefficient (Wildman–Crippen LogP) is 0.448. The highest BCUT2D eigenvalue weighted by Gasteiger charge is 2.12. The van der Waals surface area contributed by atoms with Crippen molar-refractivity contribution in [2.75, 3.05) is 17.2 Å². The summed E-state index contributed by atoms with van der Waals surface area (Å²) in [7, 11) is -3.01. The molecule has 7 heteroatoms. The van der Waals surface area contributed by atoms with Gasteiger partial charge in [-0.3, -0.25) is 4.57 Å². The zero-order valence-corrected chi connectivity index (χ0v) is 10.3. The van der Waals surface area contributed by atoms with Crippen LogP contribution in [-0.2, 0) is 16.4 Å². The Labute approximate surface area is 99.4 Å². The molecule has 2 rings (SSSR count). The molecule has 2 N–H and O–H groups in total. The maximum atomic E-state index is 11.4. The Morgan fingerprint density at radius 1 is 1.47 bits per heavy atom. The van der Waals surface area contributed by atoms with Crippen LogP contribution in [0.2, 0.25) is 0 Å². The Bertz CT molecular complexity index is 633. The van der Waals surface area contributed by atoms with E-state index in [-0.39, 0.29) is 18.1 Å². The van der Waals surface area contributed by atoms with Crippen LogP contribution in [0.3, 0.4) is 0 Å². The molecule has 0 bridgehead atoms. The largest absolute Gasteiger partial charge is 0.369 e. The van der Waals surface area contributed by atoms with Crippen molar-refractivity contribution in [3.05, 3.63) is 18.3 Å². The summed E-state index contributed by atoms with van der Waals surface area (Å²) in [6.45, 7) is 1.92. The highest BCUT2D eigenvalue weighted by atomic mass is 32.2. The first kappa shape index (κ1) is 11.8. The number of nitrogens with two attached hydrogens (primary N) is 1. The summed E-state index contributed by atoms with van der Waals surface area (Å²) in [5.74, 6) is 0.480. The minimum atomic E-state index is -3.01. The number of pyridine rings is 1. The van der Waals surface area contributed by atoms with Gasteiger partial charge in [-0.15, -0.1) is 0 Å². The Hall–Kier alpha value is -1.63. The van der Waals surface area contributed by atoms with Crippen molar-refractivity contribution in [2.24, 2.45) is 0 Å². The van der Waals surface area contributed by atoms with Crippen molar-refractivity contribution in [3.63, 3.8) is 0 Å². The number of aromatic nitrogens is 3. The zero-order chi connectivity index (χ0) is 12.5. The molecule has 0 aliphatic heterocycles. The highest BCUT2D eigenvalue weighted by Crippen LogP contribution is 2.14. The van der Waals surface area contributed by atoms with E-state index in [0.29, 0.717) is 17.1 Å². The van der Waals surface area contributed by atoms with Crippen molar-refractivity contribution >= 4 is 26.9 Å². The fraction of sp³-hybridized carbons (Fsp3) is 0.400. The summed E-state index contributed by atoms with van der Waals surface area (Å²) in [4.78, 5) is 8.28. The lowest BCUT2D eigenvalue weighted by atomic mass is 10.4. The van der Waals surface area contributed by atoms with Gasteiger partial charge in [0.15, 0.2) is 15.5 Å². The van der Waals surface area contributed by atoms with Crippen LogP contribution < -0.4 is 5.73 Å². The lowest BCUT2D eigenvalue weighted by molar-refractivity contribution is 0.591. The number of imidazole rings is 1. The topological polar surface area (TPSA) is 90.9 Å². The summed E-state index contributed by atoms with van der Waals surface area (Å²) in [6.07, 6.45) is 1.63. The van der Waals surface area contributed by atoms with Crippen molar-refractivity contribution in [3.8, 4) is 0 Å². The van der Waals surface area contributed by atoms with E-state index < -0.39 is 9.84 Å². The van der Waals surface area contributed by atoms with Gasteiger partial charge >= 0.3 is 0 Å². The van der Waals surface area contributed by atoms with Crippen LogP contribution in [0.4, 0.5) is 5.95 Å². The van der Waals surface area contributed by atoms with E-state index in [1.54, 1.807) is 29.8 Å². The lowest BCUT2D eigenvalue weighted by Gasteiger charge is -2.05. The second-order valence-corrected chi connectivity index (χ2v) is 6.18.